The van der Waals surface area contributed by atoms with Gasteiger partial charge in [-0.3, -0.25) is 9.63 Å². The Hall–Kier alpha value is -0.220. The predicted octanol–water partition coefficient (Wildman–Crippen LogP) is 1.59. The first-order chi connectivity index (χ1) is 6.20. The average Bonchev–Trinajstić information content (AvgIpc) is 2.55. The van der Waals surface area contributed by atoms with Crippen LogP contribution < -0.4 is 5.48 Å². The SMILES string of the molecule is CC(C)CONC(=O)C1CCCS1. The van der Waals surface area contributed by atoms with E-state index in [1.807, 2.05) is 0 Å². The van der Waals surface area contributed by atoms with Gasteiger partial charge in [-0.2, -0.15) is 0 Å². The summed E-state index contributed by atoms with van der Waals surface area (Å²) < 4.78 is 0. The zero-order valence-electron chi connectivity index (χ0n) is 8.21. The summed E-state index contributed by atoms with van der Waals surface area (Å²) >= 11 is 1.72. The number of hydrogen-bond donors (Lipinski definition) is 1. The molecule has 0 aromatic carbocycles. The van der Waals surface area contributed by atoms with Gasteiger partial charge in [0.15, 0.2) is 0 Å². The van der Waals surface area contributed by atoms with Crippen LogP contribution in [0.25, 0.3) is 0 Å². The Morgan fingerprint density at radius 3 is 3.00 bits per heavy atom. The molecule has 76 valence electrons. The fraction of sp³-hybridized carbons (Fsp3) is 0.889. The van der Waals surface area contributed by atoms with Crippen molar-refractivity contribution in [3.63, 3.8) is 0 Å². The molecule has 3 nitrogen and oxygen atoms in total. The van der Waals surface area contributed by atoms with Gasteiger partial charge in [0.25, 0.3) is 5.91 Å². The third-order valence-electron chi connectivity index (χ3n) is 1.81. The lowest BCUT2D eigenvalue weighted by Gasteiger charge is -2.10. The molecular weight excluding hydrogens is 186 g/mol. The van der Waals surface area contributed by atoms with E-state index in [1.54, 1.807) is 11.8 Å². The third kappa shape index (κ3) is 4.00. The molecular formula is C9H17NO2S. The van der Waals surface area contributed by atoms with Crippen LogP contribution in [0.3, 0.4) is 0 Å². The Morgan fingerprint density at radius 2 is 2.46 bits per heavy atom. The van der Waals surface area contributed by atoms with Crippen molar-refractivity contribution < 1.29 is 9.63 Å². The van der Waals surface area contributed by atoms with Crippen LogP contribution in [0.4, 0.5) is 0 Å². The first-order valence-corrected chi connectivity index (χ1v) is 5.78. The number of rotatable bonds is 4. The maximum Gasteiger partial charge on any atom is 0.256 e. The molecule has 0 aromatic heterocycles. The average molecular weight is 203 g/mol. The number of amides is 1. The third-order valence-corrected chi connectivity index (χ3v) is 3.19. The Kier molecular flexibility index (Phi) is 4.59. The van der Waals surface area contributed by atoms with Gasteiger partial charge in [-0.05, 0) is 24.5 Å². The first kappa shape index (κ1) is 10.9. The second kappa shape index (κ2) is 5.50. The second-order valence-corrected chi connectivity index (χ2v) is 4.98. The molecule has 0 aliphatic carbocycles. The van der Waals surface area contributed by atoms with Crippen LogP contribution >= 0.6 is 11.8 Å². The monoisotopic (exact) mass is 203 g/mol. The molecule has 0 saturated carbocycles. The van der Waals surface area contributed by atoms with Gasteiger partial charge in [0, 0.05) is 0 Å². The second-order valence-electron chi connectivity index (χ2n) is 3.67. The van der Waals surface area contributed by atoms with E-state index in [0.717, 1.165) is 18.6 Å². The summed E-state index contributed by atoms with van der Waals surface area (Å²) in [5.74, 6) is 1.59. The molecule has 0 bridgehead atoms. The molecule has 0 spiro atoms. The molecule has 1 atom stereocenters. The van der Waals surface area contributed by atoms with Crippen molar-refractivity contribution in [2.24, 2.45) is 5.92 Å². The van der Waals surface area contributed by atoms with Crippen LogP contribution in [0.5, 0.6) is 0 Å². The Bertz CT molecular complexity index is 167. The largest absolute Gasteiger partial charge is 0.273 e. The van der Waals surface area contributed by atoms with Crippen molar-refractivity contribution in [2.45, 2.75) is 31.9 Å². The molecule has 1 heterocycles. The molecule has 4 heteroatoms. The highest BCUT2D eigenvalue weighted by atomic mass is 32.2. The van der Waals surface area contributed by atoms with Crippen LogP contribution in [0.1, 0.15) is 26.7 Å². The van der Waals surface area contributed by atoms with Crippen LogP contribution in [0.2, 0.25) is 0 Å². The molecule has 13 heavy (non-hydrogen) atoms. The van der Waals surface area contributed by atoms with Crippen LogP contribution in [0.15, 0.2) is 0 Å². The highest BCUT2D eigenvalue weighted by molar-refractivity contribution is 8.00. The molecule has 1 N–H and O–H groups in total. The first-order valence-electron chi connectivity index (χ1n) is 4.73. The number of carbonyl (C=O) groups excluding carboxylic acids is 1. The standard InChI is InChI=1S/C9H17NO2S/c1-7(2)6-12-10-9(11)8-4-3-5-13-8/h7-8H,3-6H2,1-2H3,(H,10,11). The molecule has 1 aliphatic rings. The molecule has 1 unspecified atom stereocenters. The minimum atomic E-state index is 0.0307. The molecule has 1 rings (SSSR count). The van der Waals surface area contributed by atoms with E-state index in [9.17, 15) is 4.79 Å². The summed E-state index contributed by atoms with van der Waals surface area (Å²) in [5, 5.41) is 0.118. The summed E-state index contributed by atoms with van der Waals surface area (Å²) in [6, 6.07) is 0. The van der Waals surface area contributed by atoms with E-state index in [2.05, 4.69) is 19.3 Å². The van der Waals surface area contributed by atoms with Gasteiger partial charge < -0.3 is 0 Å². The van der Waals surface area contributed by atoms with E-state index >= 15 is 0 Å². The molecule has 1 fully saturated rings. The van der Waals surface area contributed by atoms with Gasteiger partial charge >= 0.3 is 0 Å². The minimum absolute atomic E-state index is 0.0307. The van der Waals surface area contributed by atoms with Crippen LogP contribution in [0, 0.1) is 5.92 Å². The molecule has 0 radical (unpaired) electrons. The quantitative estimate of drug-likeness (QED) is 0.705. The molecule has 1 amide bonds. The van der Waals surface area contributed by atoms with Gasteiger partial charge in [-0.15, -0.1) is 11.8 Å². The maximum atomic E-state index is 11.4. The lowest BCUT2D eigenvalue weighted by Crippen LogP contribution is -2.32. The summed E-state index contributed by atoms with van der Waals surface area (Å²) in [6.45, 7) is 4.69. The van der Waals surface area contributed by atoms with Crippen LogP contribution in [-0.2, 0) is 9.63 Å². The fourth-order valence-electron chi connectivity index (χ4n) is 1.13. The Morgan fingerprint density at radius 1 is 1.69 bits per heavy atom. The highest BCUT2D eigenvalue weighted by Gasteiger charge is 2.23. The number of hydroxylamine groups is 1. The summed E-state index contributed by atoms with van der Waals surface area (Å²) in [6.07, 6.45) is 2.13. The van der Waals surface area contributed by atoms with Crippen molar-refractivity contribution in [3.05, 3.63) is 0 Å². The highest BCUT2D eigenvalue weighted by Crippen LogP contribution is 2.25. The molecule has 1 aliphatic heterocycles. The van der Waals surface area contributed by atoms with Gasteiger partial charge in [-0.25, -0.2) is 5.48 Å². The van der Waals surface area contributed by atoms with Crippen molar-refractivity contribution >= 4 is 17.7 Å². The van der Waals surface area contributed by atoms with Gasteiger partial charge in [0.05, 0.1) is 11.9 Å². The van der Waals surface area contributed by atoms with Crippen molar-refractivity contribution in [3.8, 4) is 0 Å². The van der Waals surface area contributed by atoms with Crippen LogP contribution in [-0.4, -0.2) is 23.5 Å². The van der Waals surface area contributed by atoms with Crippen molar-refractivity contribution in [1.82, 2.24) is 5.48 Å². The number of carbonyl (C=O) groups is 1. The minimum Gasteiger partial charge on any atom is -0.273 e. The van der Waals surface area contributed by atoms with E-state index in [0.29, 0.717) is 12.5 Å². The normalized spacial score (nSPS) is 22.2. The van der Waals surface area contributed by atoms with E-state index in [-0.39, 0.29) is 11.2 Å². The summed E-state index contributed by atoms with van der Waals surface area (Å²) in [4.78, 5) is 16.4. The molecule has 0 aromatic rings. The fourth-order valence-corrected chi connectivity index (χ4v) is 2.28. The van der Waals surface area contributed by atoms with E-state index in [4.69, 9.17) is 4.84 Å². The number of hydrogen-bond acceptors (Lipinski definition) is 3. The lowest BCUT2D eigenvalue weighted by atomic mass is 10.2. The molecule has 1 saturated heterocycles. The Balaban J connectivity index is 2.10. The lowest BCUT2D eigenvalue weighted by molar-refractivity contribution is -0.133. The zero-order valence-corrected chi connectivity index (χ0v) is 9.02. The van der Waals surface area contributed by atoms with Crippen molar-refractivity contribution in [1.29, 1.82) is 0 Å². The predicted molar refractivity (Wildman–Crippen MR) is 54.4 cm³/mol. The topological polar surface area (TPSA) is 38.3 Å². The smallest absolute Gasteiger partial charge is 0.256 e. The van der Waals surface area contributed by atoms with E-state index in [1.165, 1.54) is 0 Å². The summed E-state index contributed by atoms with van der Waals surface area (Å²) in [5.41, 5.74) is 2.50. The van der Waals surface area contributed by atoms with Gasteiger partial charge in [0.2, 0.25) is 0 Å². The van der Waals surface area contributed by atoms with E-state index < -0.39 is 0 Å². The number of nitrogens with one attached hydrogen (secondary N) is 1. The maximum absolute atomic E-state index is 11.4. The zero-order chi connectivity index (χ0) is 9.68. The Labute approximate surface area is 83.6 Å². The van der Waals surface area contributed by atoms with Crippen molar-refractivity contribution in [2.75, 3.05) is 12.4 Å². The number of thioether (sulfide) groups is 1. The summed E-state index contributed by atoms with van der Waals surface area (Å²) in [7, 11) is 0. The van der Waals surface area contributed by atoms with Gasteiger partial charge in [0.1, 0.15) is 0 Å². The van der Waals surface area contributed by atoms with Gasteiger partial charge in [-0.1, -0.05) is 13.8 Å².